The van der Waals surface area contributed by atoms with Gasteiger partial charge in [0.15, 0.2) is 0 Å². The molecule has 0 aliphatic carbocycles. The number of nitrogens with one attached hydrogen (secondary N) is 1. The number of anilines is 2. The number of aromatic nitrogens is 3. The van der Waals surface area contributed by atoms with Gasteiger partial charge < -0.3 is 10.4 Å². The predicted octanol–water partition coefficient (Wildman–Crippen LogP) is 5.31. The fourth-order valence-corrected chi connectivity index (χ4v) is 3.55. The van der Waals surface area contributed by atoms with E-state index in [0.29, 0.717) is 17.0 Å². The zero-order valence-electron chi connectivity index (χ0n) is 15.3. The van der Waals surface area contributed by atoms with E-state index in [1.165, 1.54) is 0 Å². The molecule has 5 rings (SSSR count). The van der Waals surface area contributed by atoms with Crippen LogP contribution < -0.4 is 5.32 Å². The molecule has 0 unspecified atom stereocenters. The quantitative estimate of drug-likeness (QED) is 0.454. The summed E-state index contributed by atoms with van der Waals surface area (Å²) in [4.78, 5) is 9.13. The van der Waals surface area contributed by atoms with E-state index in [0.717, 1.165) is 27.8 Å². The van der Waals surface area contributed by atoms with Crippen LogP contribution in [-0.4, -0.2) is 19.5 Å². The van der Waals surface area contributed by atoms with Crippen LogP contribution in [0, 0.1) is 6.92 Å². The van der Waals surface area contributed by atoms with Crippen molar-refractivity contribution < 1.29 is 5.11 Å². The van der Waals surface area contributed by atoms with E-state index in [1.54, 1.807) is 12.3 Å². The first-order valence-corrected chi connectivity index (χ1v) is 9.08. The maximum absolute atomic E-state index is 10.7. The van der Waals surface area contributed by atoms with E-state index in [-0.39, 0.29) is 5.75 Å². The van der Waals surface area contributed by atoms with Crippen LogP contribution in [0.4, 0.5) is 11.5 Å². The molecule has 0 atom stereocenters. The number of phenols is 1. The Labute approximate surface area is 161 Å². The van der Waals surface area contributed by atoms with E-state index in [9.17, 15) is 5.11 Å². The lowest BCUT2D eigenvalue weighted by molar-refractivity contribution is 0.478. The molecule has 2 aromatic heterocycles. The molecule has 0 aliphatic rings. The first kappa shape index (κ1) is 16.3. The van der Waals surface area contributed by atoms with Crippen LogP contribution in [0.5, 0.6) is 5.75 Å². The standard InChI is InChI=1S/C23H18N4O/c1-15-6-4-8-17(14-15)25-22-21(26-23-24-12-5-13-27(22)23)20-18-9-3-2-7-16(18)10-11-19(20)28/h2-14,25,28H,1H3. The minimum Gasteiger partial charge on any atom is -0.507 e. The number of fused-ring (bicyclic) bond motifs is 2. The van der Waals surface area contributed by atoms with Gasteiger partial charge in [0.05, 0.1) is 5.56 Å². The van der Waals surface area contributed by atoms with Crippen molar-refractivity contribution in [2.75, 3.05) is 5.32 Å². The van der Waals surface area contributed by atoms with Gasteiger partial charge in [0.1, 0.15) is 17.3 Å². The van der Waals surface area contributed by atoms with Crippen molar-refractivity contribution in [1.29, 1.82) is 0 Å². The number of phenolic OH excluding ortho intramolecular Hbond substituents is 1. The van der Waals surface area contributed by atoms with Crippen LogP contribution in [0.3, 0.4) is 0 Å². The van der Waals surface area contributed by atoms with Gasteiger partial charge in [0, 0.05) is 18.1 Å². The van der Waals surface area contributed by atoms with Crippen LogP contribution in [0.2, 0.25) is 0 Å². The van der Waals surface area contributed by atoms with Crippen molar-refractivity contribution in [3.05, 3.63) is 84.7 Å². The molecule has 5 nitrogen and oxygen atoms in total. The average molecular weight is 366 g/mol. The van der Waals surface area contributed by atoms with Gasteiger partial charge in [-0.2, -0.15) is 0 Å². The molecule has 0 saturated carbocycles. The largest absolute Gasteiger partial charge is 0.507 e. The van der Waals surface area contributed by atoms with E-state index in [2.05, 4.69) is 29.4 Å². The van der Waals surface area contributed by atoms with Crippen molar-refractivity contribution in [3.8, 4) is 17.0 Å². The Kier molecular flexibility index (Phi) is 3.72. The zero-order chi connectivity index (χ0) is 19.1. The van der Waals surface area contributed by atoms with Gasteiger partial charge in [0.25, 0.3) is 0 Å². The third-order valence-electron chi connectivity index (χ3n) is 4.83. The highest BCUT2D eigenvalue weighted by Gasteiger charge is 2.20. The molecule has 0 amide bonds. The topological polar surface area (TPSA) is 62.5 Å². The molecular formula is C23H18N4O. The van der Waals surface area contributed by atoms with Crippen molar-refractivity contribution >= 4 is 28.1 Å². The molecule has 0 saturated heterocycles. The average Bonchev–Trinajstić information content (AvgIpc) is 3.06. The van der Waals surface area contributed by atoms with E-state index < -0.39 is 0 Å². The summed E-state index contributed by atoms with van der Waals surface area (Å²) in [6.45, 7) is 2.05. The summed E-state index contributed by atoms with van der Waals surface area (Å²) in [5.41, 5.74) is 3.46. The number of hydrogen-bond acceptors (Lipinski definition) is 4. The van der Waals surface area contributed by atoms with Gasteiger partial charge >= 0.3 is 0 Å². The van der Waals surface area contributed by atoms with E-state index in [4.69, 9.17) is 4.98 Å². The second-order valence-electron chi connectivity index (χ2n) is 6.77. The number of imidazole rings is 1. The number of hydrogen-bond donors (Lipinski definition) is 2. The minimum atomic E-state index is 0.189. The van der Waals surface area contributed by atoms with Gasteiger partial charge in [0.2, 0.25) is 5.78 Å². The van der Waals surface area contributed by atoms with Crippen LogP contribution >= 0.6 is 0 Å². The zero-order valence-corrected chi connectivity index (χ0v) is 15.3. The lowest BCUT2D eigenvalue weighted by atomic mass is 10.0. The summed E-state index contributed by atoms with van der Waals surface area (Å²) >= 11 is 0. The molecule has 2 heterocycles. The number of aromatic hydroxyl groups is 1. The fourth-order valence-electron chi connectivity index (χ4n) is 3.55. The van der Waals surface area contributed by atoms with E-state index in [1.807, 2.05) is 59.1 Å². The maximum atomic E-state index is 10.7. The number of aryl methyl sites for hydroxylation is 1. The molecule has 136 valence electrons. The second-order valence-corrected chi connectivity index (χ2v) is 6.77. The summed E-state index contributed by atoms with van der Waals surface area (Å²) in [5.74, 6) is 1.52. The number of rotatable bonds is 3. The highest BCUT2D eigenvalue weighted by molar-refractivity contribution is 6.01. The Morgan fingerprint density at radius 1 is 0.964 bits per heavy atom. The van der Waals surface area contributed by atoms with Crippen LogP contribution in [-0.2, 0) is 0 Å². The second kappa shape index (κ2) is 6.39. The normalized spacial score (nSPS) is 11.2. The highest BCUT2D eigenvalue weighted by atomic mass is 16.3. The predicted molar refractivity (Wildman–Crippen MR) is 112 cm³/mol. The fraction of sp³-hybridized carbons (Fsp3) is 0.0435. The Hall–Kier alpha value is -3.86. The van der Waals surface area contributed by atoms with Crippen LogP contribution in [0.15, 0.2) is 79.1 Å². The molecule has 0 fully saturated rings. The van der Waals surface area contributed by atoms with Crippen LogP contribution in [0.1, 0.15) is 5.56 Å². The molecule has 3 aromatic carbocycles. The molecule has 5 heteroatoms. The summed E-state index contributed by atoms with van der Waals surface area (Å²) in [5, 5.41) is 16.2. The first-order valence-electron chi connectivity index (χ1n) is 9.08. The SMILES string of the molecule is Cc1cccc(Nc2c(-c3c(O)ccc4ccccc34)nc3ncccn23)c1. The molecule has 0 radical (unpaired) electrons. The summed E-state index contributed by atoms with van der Waals surface area (Å²) < 4.78 is 1.90. The van der Waals surface area contributed by atoms with Gasteiger partial charge in [-0.15, -0.1) is 0 Å². The molecule has 0 spiro atoms. The monoisotopic (exact) mass is 366 g/mol. The van der Waals surface area contributed by atoms with Gasteiger partial charge in [-0.3, -0.25) is 4.40 Å². The molecule has 2 N–H and O–H groups in total. The van der Waals surface area contributed by atoms with Crippen LogP contribution in [0.25, 0.3) is 27.8 Å². The first-order chi connectivity index (χ1) is 13.7. The lowest BCUT2D eigenvalue weighted by Gasteiger charge is -2.12. The smallest absolute Gasteiger partial charge is 0.235 e. The molecule has 0 bridgehead atoms. The summed E-state index contributed by atoms with van der Waals surface area (Å²) in [6, 6.07) is 21.6. The highest BCUT2D eigenvalue weighted by Crippen LogP contribution is 2.40. The van der Waals surface area contributed by atoms with E-state index >= 15 is 0 Å². The third kappa shape index (κ3) is 2.65. The molecular weight excluding hydrogens is 348 g/mol. The van der Waals surface area contributed by atoms with Crippen molar-refractivity contribution in [3.63, 3.8) is 0 Å². The van der Waals surface area contributed by atoms with Crippen molar-refractivity contribution in [1.82, 2.24) is 14.4 Å². The molecule has 5 aromatic rings. The Balaban J connectivity index is 1.80. The minimum absolute atomic E-state index is 0.189. The maximum Gasteiger partial charge on any atom is 0.235 e. The Morgan fingerprint density at radius 3 is 2.75 bits per heavy atom. The van der Waals surface area contributed by atoms with Crippen molar-refractivity contribution in [2.45, 2.75) is 6.92 Å². The Morgan fingerprint density at radius 2 is 1.86 bits per heavy atom. The van der Waals surface area contributed by atoms with Gasteiger partial charge in [-0.05, 0) is 47.5 Å². The Bertz CT molecular complexity index is 1320. The van der Waals surface area contributed by atoms with Crippen molar-refractivity contribution in [2.24, 2.45) is 0 Å². The number of benzene rings is 3. The molecule has 0 aliphatic heterocycles. The van der Waals surface area contributed by atoms with Gasteiger partial charge in [-0.1, -0.05) is 42.5 Å². The number of nitrogens with zero attached hydrogens (tertiary/aromatic N) is 3. The lowest BCUT2D eigenvalue weighted by Crippen LogP contribution is -1.98. The summed E-state index contributed by atoms with van der Waals surface area (Å²) in [7, 11) is 0. The molecule has 28 heavy (non-hydrogen) atoms. The van der Waals surface area contributed by atoms with Gasteiger partial charge in [-0.25, -0.2) is 9.97 Å². The third-order valence-corrected chi connectivity index (χ3v) is 4.83. The summed E-state index contributed by atoms with van der Waals surface area (Å²) in [6.07, 6.45) is 3.63.